The third-order valence-electron chi connectivity index (χ3n) is 2.88. The summed E-state index contributed by atoms with van der Waals surface area (Å²) in [7, 11) is 0. The van der Waals surface area contributed by atoms with E-state index >= 15 is 0 Å². The van der Waals surface area contributed by atoms with Crippen LogP contribution in [0.3, 0.4) is 0 Å². The van der Waals surface area contributed by atoms with Crippen LogP contribution in [-0.4, -0.2) is 17.2 Å². The number of hydrogen-bond donors (Lipinski definition) is 2. The molecule has 1 amide bonds. The van der Waals surface area contributed by atoms with Gasteiger partial charge >= 0.3 is 12.1 Å². The molecule has 6 nitrogen and oxygen atoms in total. The number of hydrogen-bond acceptors (Lipinski definition) is 4. The van der Waals surface area contributed by atoms with Crippen LogP contribution in [0.5, 0.6) is 5.75 Å². The van der Waals surface area contributed by atoms with Gasteiger partial charge in [-0.25, -0.2) is 9.59 Å². The first-order chi connectivity index (χ1) is 10.5. The fraction of sp³-hybridized carbons (Fsp3) is 0.0625. The molecule has 0 aliphatic heterocycles. The minimum atomic E-state index is -1.24. The Morgan fingerprint density at radius 3 is 2.50 bits per heavy atom. The topological polar surface area (TPSA) is 99.4 Å². The molecule has 0 unspecified atom stereocenters. The molecule has 0 saturated heterocycles. The second-order valence-electron chi connectivity index (χ2n) is 4.46. The number of amides is 1. The van der Waals surface area contributed by atoms with Crippen molar-refractivity contribution in [3.63, 3.8) is 0 Å². The molecule has 2 N–H and O–H groups in total. The molecule has 2 rings (SSSR count). The van der Waals surface area contributed by atoms with E-state index in [1.54, 1.807) is 37.3 Å². The van der Waals surface area contributed by atoms with Crippen molar-refractivity contribution in [2.24, 2.45) is 0 Å². The number of anilines is 1. The van der Waals surface area contributed by atoms with Crippen molar-refractivity contribution in [1.29, 1.82) is 5.26 Å². The maximum Gasteiger partial charge on any atom is 0.417 e. The molecule has 22 heavy (non-hydrogen) atoms. The highest BCUT2D eigenvalue weighted by atomic mass is 16.6. The predicted octanol–water partition coefficient (Wildman–Crippen LogP) is 3.18. The number of para-hydroxylation sites is 1. The first kappa shape index (κ1) is 15.1. The van der Waals surface area contributed by atoms with E-state index in [4.69, 9.17) is 10.00 Å². The van der Waals surface area contributed by atoms with E-state index in [2.05, 4.69) is 5.32 Å². The number of nitrogens with one attached hydrogen (secondary N) is 1. The lowest BCUT2D eigenvalue weighted by Crippen LogP contribution is -2.19. The summed E-state index contributed by atoms with van der Waals surface area (Å²) in [5.41, 5.74) is 0.604. The minimum Gasteiger partial charge on any atom is -0.478 e. The number of benzene rings is 2. The van der Waals surface area contributed by atoms with E-state index in [1.165, 1.54) is 12.1 Å². The van der Waals surface area contributed by atoms with Crippen LogP contribution in [0.25, 0.3) is 0 Å². The maximum atomic E-state index is 11.9. The van der Waals surface area contributed by atoms with Gasteiger partial charge in [0.25, 0.3) is 0 Å². The summed E-state index contributed by atoms with van der Waals surface area (Å²) < 4.78 is 5.06. The van der Waals surface area contributed by atoms with Crippen molar-refractivity contribution in [1.82, 2.24) is 0 Å². The van der Waals surface area contributed by atoms with E-state index in [0.29, 0.717) is 11.3 Å². The molecule has 0 aliphatic carbocycles. The first-order valence-corrected chi connectivity index (χ1v) is 6.33. The van der Waals surface area contributed by atoms with E-state index in [1.807, 2.05) is 6.07 Å². The number of carbonyl (C=O) groups is 2. The van der Waals surface area contributed by atoms with Gasteiger partial charge < -0.3 is 9.84 Å². The Labute approximate surface area is 126 Å². The standard InChI is InChI=1S/C16H12N2O4/c1-10-7-11(9-17)8-13(15(19)20)14(10)18-16(21)22-12-5-3-2-4-6-12/h2-8H,1H3,(H,18,21)(H,19,20). The van der Waals surface area contributed by atoms with Gasteiger partial charge in [0.1, 0.15) is 5.75 Å². The molecule has 6 heteroatoms. The number of rotatable bonds is 3. The molecule has 2 aromatic carbocycles. The summed E-state index contributed by atoms with van der Waals surface area (Å²) >= 11 is 0. The lowest BCUT2D eigenvalue weighted by Gasteiger charge is -2.12. The molecular weight excluding hydrogens is 284 g/mol. The van der Waals surface area contributed by atoms with E-state index in [0.717, 1.165) is 0 Å². The molecule has 0 radical (unpaired) electrons. The van der Waals surface area contributed by atoms with Crippen molar-refractivity contribution in [2.75, 3.05) is 5.32 Å². The molecule has 0 fully saturated rings. The average Bonchev–Trinajstić information content (AvgIpc) is 2.49. The van der Waals surface area contributed by atoms with Crippen LogP contribution < -0.4 is 10.1 Å². The van der Waals surface area contributed by atoms with Crippen LogP contribution in [0.4, 0.5) is 10.5 Å². The van der Waals surface area contributed by atoms with Crippen LogP contribution in [0, 0.1) is 18.3 Å². The van der Waals surface area contributed by atoms with E-state index in [9.17, 15) is 14.7 Å². The third kappa shape index (κ3) is 3.41. The molecule has 0 saturated carbocycles. The molecule has 0 bridgehead atoms. The predicted molar refractivity (Wildman–Crippen MR) is 78.9 cm³/mol. The van der Waals surface area contributed by atoms with Crippen LogP contribution in [0.15, 0.2) is 42.5 Å². The molecule has 0 aliphatic rings. The van der Waals surface area contributed by atoms with E-state index in [-0.39, 0.29) is 16.8 Å². The van der Waals surface area contributed by atoms with Crippen molar-refractivity contribution in [3.8, 4) is 11.8 Å². The number of nitriles is 1. The van der Waals surface area contributed by atoms with Crippen LogP contribution in [0.1, 0.15) is 21.5 Å². The van der Waals surface area contributed by atoms with Crippen molar-refractivity contribution in [3.05, 3.63) is 59.2 Å². The minimum absolute atomic E-state index is 0.104. The van der Waals surface area contributed by atoms with Gasteiger partial charge in [0.05, 0.1) is 22.9 Å². The van der Waals surface area contributed by atoms with Crippen LogP contribution in [0.2, 0.25) is 0 Å². The van der Waals surface area contributed by atoms with Crippen LogP contribution >= 0.6 is 0 Å². The van der Waals surface area contributed by atoms with Crippen molar-refractivity contribution >= 4 is 17.7 Å². The average molecular weight is 296 g/mol. The fourth-order valence-electron chi connectivity index (χ4n) is 1.91. The van der Waals surface area contributed by atoms with Gasteiger partial charge in [0.2, 0.25) is 0 Å². The molecule has 0 heterocycles. The van der Waals surface area contributed by atoms with Gasteiger partial charge in [0, 0.05) is 0 Å². The Kier molecular flexibility index (Phi) is 4.39. The Bertz CT molecular complexity index is 764. The highest BCUT2D eigenvalue weighted by Crippen LogP contribution is 2.23. The normalized spacial score (nSPS) is 9.64. The largest absolute Gasteiger partial charge is 0.478 e. The second-order valence-corrected chi connectivity index (χ2v) is 4.46. The third-order valence-corrected chi connectivity index (χ3v) is 2.88. The maximum absolute atomic E-state index is 11.9. The smallest absolute Gasteiger partial charge is 0.417 e. The zero-order valence-corrected chi connectivity index (χ0v) is 11.7. The van der Waals surface area contributed by atoms with E-state index < -0.39 is 12.1 Å². The van der Waals surface area contributed by atoms with Crippen molar-refractivity contribution in [2.45, 2.75) is 6.92 Å². The quantitative estimate of drug-likeness (QED) is 0.906. The highest BCUT2D eigenvalue weighted by Gasteiger charge is 2.17. The molecule has 0 spiro atoms. The van der Waals surface area contributed by atoms with Gasteiger partial charge in [-0.05, 0) is 36.8 Å². The summed E-state index contributed by atoms with van der Waals surface area (Å²) in [5.74, 6) is -0.904. The summed E-state index contributed by atoms with van der Waals surface area (Å²) in [6.45, 7) is 1.60. The number of aryl methyl sites for hydroxylation is 1. The van der Waals surface area contributed by atoms with Gasteiger partial charge in [-0.15, -0.1) is 0 Å². The second kappa shape index (κ2) is 6.41. The Hall–Kier alpha value is -3.33. The number of aromatic carboxylic acids is 1. The van der Waals surface area contributed by atoms with Gasteiger partial charge in [-0.2, -0.15) is 5.26 Å². The summed E-state index contributed by atoms with van der Waals surface area (Å²) in [4.78, 5) is 23.2. The summed E-state index contributed by atoms with van der Waals surface area (Å²) in [5, 5.41) is 20.5. The Morgan fingerprint density at radius 1 is 1.23 bits per heavy atom. The fourth-order valence-corrected chi connectivity index (χ4v) is 1.91. The highest BCUT2D eigenvalue weighted by molar-refractivity contribution is 6.00. The first-order valence-electron chi connectivity index (χ1n) is 6.33. The number of nitrogens with zero attached hydrogens (tertiary/aromatic N) is 1. The number of carboxylic acids is 1. The number of carboxylic acid groups (broad SMARTS) is 1. The van der Waals surface area contributed by atoms with Crippen LogP contribution in [-0.2, 0) is 0 Å². The van der Waals surface area contributed by atoms with Gasteiger partial charge in [-0.1, -0.05) is 18.2 Å². The lowest BCUT2D eigenvalue weighted by molar-refractivity contribution is 0.0698. The monoisotopic (exact) mass is 296 g/mol. The SMILES string of the molecule is Cc1cc(C#N)cc(C(=O)O)c1NC(=O)Oc1ccccc1. The number of ether oxygens (including phenoxy) is 1. The molecule has 110 valence electrons. The van der Waals surface area contributed by atoms with Gasteiger partial charge in [0.15, 0.2) is 0 Å². The van der Waals surface area contributed by atoms with Crippen molar-refractivity contribution < 1.29 is 19.4 Å². The summed E-state index contributed by atoms with van der Waals surface area (Å²) in [6.07, 6.45) is -0.804. The Balaban J connectivity index is 2.27. The zero-order chi connectivity index (χ0) is 16.1. The molecule has 0 aromatic heterocycles. The molecule has 0 atom stereocenters. The summed E-state index contributed by atoms with van der Waals surface area (Å²) in [6, 6.07) is 13.0. The molecule has 2 aromatic rings. The lowest BCUT2D eigenvalue weighted by atomic mass is 10.0. The Morgan fingerprint density at radius 2 is 1.91 bits per heavy atom. The number of carbonyl (C=O) groups excluding carboxylic acids is 1. The zero-order valence-electron chi connectivity index (χ0n) is 11.7. The van der Waals surface area contributed by atoms with Gasteiger partial charge in [-0.3, -0.25) is 5.32 Å². The molecular formula is C16H12N2O4.